The van der Waals surface area contributed by atoms with Crippen LogP contribution in [0.5, 0.6) is 0 Å². The first-order chi connectivity index (χ1) is 13.1. The lowest BCUT2D eigenvalue weighted by Crippen LogP contribution is -2.23. The van der Waals surface area contributed by atoms with Crippen LogP contribution in [0.4, 0.5) is 5.69 Å². The van der Waals surface area contributed by atoms with Gasteiger partial charge in [0, 0.05) is 11.4 Å². The molecule has 1 heterocycles. The van der Waals surface area contributed by atoms with E-state index in [1.807, 2.05) is 30.3 Å². The van der Waals surface area contributed by atoms with Crippen molar-refractivity contribution in [1.29, 1.82) is 0 Å². The zero-order valence-corrected chi connectivity index (χ0v) is 14.7. The molecule has 27 heavy (non-hydrogen) atoms. The molecule has 2 N–H and O–H groups in total. The molecule has 2 aromatic carbocycles. The summed E-state index contributed by atoms with van der Waals surface area (Å²) in [5.74, 6) is -0.955. The molecule has 3 aromatic rings. The monoisotopic (exact) mass is 362 g/mol. The summed E-state index contributed by atoms with van der Waals surface area (Å²) >= 11 is 0. The lowest BCUT2D eigenvalue weighted by molar-refractivity contribution is 0.0526. The van der Waals surface area contributed by atoms with Gasteiger partial charge in [-0.2, -0.15) is 0 Å². The number of aromatic amines is 1. The predicted molar refractivity (Wildman–Crippen MR) is 103 cm³/mol. The van der Waals surface area contributed by atoms with E-state index in [0.29, 0.717) is 23.6 Å². The second-order valence-electron chi connectivity index (χ2n) is 5.73. The van der Waals surface area contributed by atoms with Crippen LogP contribution >= 0.6 is 0 Å². The highest BCUT2D eigenvalue weighted by Gasteiger charge is 2.12. The number of aromatic nitrogens is 1. The Hall–Kier alpha value is -3.67. The summed E-state index contributed by atoms with van der Waals surface area (Å²) in [6.07, 6.45) is 0. The summed E-state index contributed by atoms with van der Waals surface area (Å²) in [5, 5.41) is 2.65. The lowest BCUT2D eigenvalue weighted by atomic mass is 10.1. The number of hydrogen-bond donors (Lipinski definition) is 2. The molecule has 0 aliphatic carbocycles. The molecule has 0 radical (unpaired) electrons. The van der Waals surface area contributed by atoms with Crippen LogP contribution in [-0.4, -0.2) is 23.5 Å². The van der Waals surface area contributed by atoms with Crippen molar-refractivity contribution in [1.82, 2.24) is 4.98 Å². The van der Waals surface area contributed by atoms with Crippen molar-refractivity contribution in [2.24, 2.45) is 0 Å². The fraction of sp³-hybridized carbons (Fsp3) is 0.0952. The smallest absolute Gasteiger partial charge is 0.338 e. The van der Waals surface area contributed by atoms with Crippen molar-refractivity contribution in [2.45, 2.75) is 6.92 Å². The first-order valence-electron chi connectivity index (χ1n) is 8.46. The minimum atomic E-state index is -0.528. The van der Waals surface area contributed by atoms with Crippen LogP contribution in [0.25, 0.3) is 11.3 Å². The number of hydrogen-bond acceptors (Lipinski definition) is 4. The second kappa shape index (κ2) is 8.14. The quantitative estimate of drug-likeness (QED) is 0.680. The van der Waals surface area contributed by atoms with Crippen LogP contribution in [0.2, 0.25) is 0 Å². The van der Waals surface area contributed by atoms with Crippen LogP contribution in [0.1, 0.15) is 27.6 Å². The van der Waals surface area contributed by atoms with Crippen molar-refractivity contribution < 1.29 is 14.3 Å². The summed E-state index contributed by atoms with van der Waals surface area (Å²) in [6.45, 7) is 2.02. The number of rotatable bonds is 5. The van der Waals surface area contributed by atoms with E-state index in [2.05, 4.69) is 10.3 Å². The molecule has 0 saturated heterocycles. The first-order valence-corrected chi connectivity index (χ1v) is 8.46. The average Bonchev–Trinajstić information content (AvgIpc) is 2.69. The molecule has 0 spiro atoms. The summed E-state index contributed by atoms with van der Waals surface area (Å²) in [6, 6.07) is 18.8. The molecule has 0 unspecified atom stereocenters. The number of ether oxygens (including phenoxy) is 1. The molecule has 136 valence electrons. The maximum atomic E-state index is 12.4. The van der Waals surface area contributed by atoms with Crippen LogP contribution < -0.4 is 10.9 Å². The van der Waals surface area contributed by atoms with Crippen molar-refractivity contribution in [3.63, 3.8) is 0 Å². The number of carbonyl (C=O) groups is 2. The Morgan fingerprint density at radius 1 is 0.963 bits per heavy atom. The van der Waals surface area contributed by atoms with Crippen LogP contribution in [0, 0.1) is 0 Å². The van der Waals surface area contributed by atoms with Gasteiger partial charge in [0.2, 0.25) is 0 Å². The Morgan fingerprint density at radius 2 is 1.67 bits per heavy atom. The van der Waals surface area contributed by atoms with Crippen LogP contribution in [0.3, 0.4) is 0 Å². The topological polar surface area (TPSA) is 88.3 Å². The van der Waals surface area contributed by atoms with E-state index in [0.717, 1.165) is 5.56 Å². The predicted octanol–water partition coefficient (Wildman–Crippen LogP) is 3.47. The molecule has 6 heteroatoms. The highest BCUT2D eigenvalue weighted by molar-refractivity contribution is 6.04. The van der Waals surface area contributed by atoms with Gasteiger partial charge in [0.25, 0.3) is 11.5 Å². The Morgan fingerprint density at radius 3 is 2.30 bits per heavy atom. The van der Waals surface area contributed by atoms with Crippen molar-refractivity contribution in [2.75, 3.05) is 11.9 Å². The molecule has 0 saturated carbocycles. The number of pyridine rings is 1. The van der Waals surface area contributed by atoms with Gasteiger partial charge in [-0.3, -0.25) is 9.59 Å². The third-order valence-corrected chi connectivity index (χ3v) is 3.89. The van der Waals surface area contributed by atoms with Crippen molar-refractivity contribution in [3.8, 4) is 11.3 Å². The molecule has 0 bridgehead atoms. The Balaban J connectivity index is 1.75. The standard InChI is InChI=1S/C21H18N2O4/c1-2-27-21(26)15-8-10-16(11-9-15)22-19(24)17-12-13-18(23-20(17)25)14-6-4-3-5-7-14/h3-13H,2H2,1H3,(H,22,24)(H,23,25). The van der Waals surface area contributed by atoms with Crippen LogP contribution in [-0.2, 0) is 4.74 Å². The highest BCUT2D eigenvalue weighted by atomic mass is 16.5. The summed E-state index contributed by atoms with van der Waals surface area (Å²) < 4.78 is 4.91. The van der Waals surface area contributed by atoms with E-state index in [1.54, 1.807) is 37.3 Å². The molecule has 1 amide bonds. The molecular weight excluding hydrogens is 344 g/mol. The molecule has 0 aliphatic heterocycles. The number of amides is 1. The normalized spacial score (nSPS) is 10.3. The molecule has 3 rings (SSSR count). The molecule has 0 atom stereocenters. The second-order valence-corrected chi connectivity index (χ2v) is 5.73. The van der Waals surface area contributed by atoms with Crippen molar-refractivity contribution in [3.05, 3.63) is 88.2 Å². The van der Waals surface area contributed by atoms with Gasteiger partial charge >= 0.3 is 5.97 Å². The third kappa shape index (κ3) is 4.30. The Kier molecular flexibility index (Phi) is 5.47. The van der Waals surface area contributed by atoms with E-state index in [1.165, 1.54) is 6.07 Å². The zero-order valence-electron chi connectivity index (χ0n) is 14.7. The molecular formula is C21H18N2O4. The Bertz CT molecular complexity index is 1010. The van der Waals surface area contributed by atoms with E-state index in [9.17, 15) is 14.4 Å². The van der Waals surface area contributed by atoms with Gasteiger partial charge in [0.05, 0.1) is 12.2 Å². The number of carbonyl (C=O) groups excluding carboxylic acids is 2. The Labute approximate surface area is 155 Å². The average molecular weight is 362 g/mol. The molecule has 0 aliphatic rings. The first kappa shape index (κ1) is 18.1. The number of anilines is 1. The fourth-order valence-corrected chi connectivity index (χ4v) is 2.54. The SMILES string of the molecule is CCOC(=O)c1ccc(NC(=O)c2ccc(-c3ccccc3)[nH]c2=O)cc1. The fourth-order valence-electron chi connectivity index (χ4n) is 2.54. The van der Waals surface area contributed by atoms with E-state index >= 15 is 0 Å². The van der Waals surface area contributed by atoms with Gasteiger partial charge in [-0.1, -0.05) is 30.3 Å². The van der Waals surface area contributed by atoms with Gasteiger partial charge in [-0.25, -0.2) is 4.79 Å². The van der Waals surface area contributed by atoms with Gasteiger partial charge in [0.15, 0.2) is 0 Å². The van der Waals surface area contributed by atoms with Crippen molar-refractivity contribution >= 4 is 17.6 Å². The minimum absolute atomic E-state index is 0.00384. The minimum Gasteiger partial charge on any atom is -0.462 e. The summed E-state index contributed by atoms with van der Waals surface area (Å²) in [4.78, 5) is 39.0. The molecule has 1 aromatic heterocycles. The number of benzene rings is 2. The van der Waals surface area contributed by atoms with Gasteiger partial charge in [-0.15, -0.1) is 0 Å². The van der Waals surface area contributed by atoms with Gasteiger partial charge in [-0.05, 0) is 48.9 Å². The van der Waals surface area contributed by atoms with Crippen LogP contribution in [0.15, 0.2) is 71.5 Å². The van der Waals surface area contributed by atoms with E-state index in [-0.39, 0.29) is 5.56 Å². The molecule has 6 nitrogen and oxygen atoms in total. The largest absolute Gasteiger partial charge is 0.462 e. The zero-order chi connectivity index (χ0) is 19.2. The van der Waals surface area contributed by atoms with E-state index in [4.69, 9.17) is 4.74 Å². The van der Waals surface area contributed by atoms with Gasteiger partial charge < -0.3 is 15.0 Å². The van der Waals surface area contributed by atoms with Gasteiger partial charge in [0.1, 0.15) is 5.56 Å². The summed E-state index contributed by atoms with van der Waals surface area (Å²) in [7, 11) is 0. The van der Waals surface area contributed by atoms with E-state index < -0.39 is 17.4 Å². The third-order valence-electron chi connectivity index (χ3n) is 3.89. The number of esters is 1. The molecule has 0 fully saturated rings. The maximum Gasteiger partial charge on any atom is 0.338 e. The lowest BCUT2D eigenvalue weighted by Gasteiger charge is -2.07. The summed E-state index contributed by atoms with van der Waals surface area (Å²) in [5.41, 5.74) is 1.88. The number of H-pyrrole nitrogens is 1. The highest BCUT2D eigenvalue weighted by Crippen LogP contribution is 2.15. The maximum absolute atomic E-state index is 12.4. The number of nitrogens with one attached hydrogen (secondary N) is 2.